The molecule has 1 aromatic rings. The SMILES string of the molecule is CCCCCCOc1c2c(c(OCCCCCC)c3c1N(C)C(=C(S)C=O)N3C)N(C)C(=C(C)C#N)N2C. The van der Waals surface area contributed by atoms with E-state index in [9.17, 15) is 10.1 Å². The van der Waals surface area contributed by atoms with Gasteiger partial charge in [0.2, 0.25) is 0 Å². The highest BCUT2D eigenvalue weighted by Gasteiger charge is 2.44. The molecule has 2 heterocycles. The van der Waals surface area contributed by atoms with Gasteiger partial charge in [-0.2, -0.15) is 5.26 Å². The molecule has 1 aromatic carbocycles. The topological polar surface area (TPSA) is 72.3 Å². The fourth-order valence-electron chi connectivity index (χ4n) is 5.40. The van der Waals surface area contributed by atoms with E-state index in [1.165, 1.54) is 12.8 Å². The average Bonchev–Trinajstić information content (AvgIpc) is 3.32. The normalized spacial score (nSPS) is 14.1. The molecule has 2 aliphatic heterocycles. The van der Waals surface area contributed by atoms with Gasteiger partial charge in [-0.05, 0) is 19.8 Å². The number of nitrogens with zero attached hydrogens (tertiary/aromatic N) is 5. The molecule has 3 rings (SSSR count). The molecule has 0 amide bonds. The maximum atomic E-state index is 11.8. The lowest BCUT2D eigenvalue weighted by molar-refractivity contribution is -0.104. The van der Waals surface area contributed by atoms with Crippen molar-refractivity contribution < 1.29 is 14.3 Å². The molecule has 0 aromatic heterocycles. The Hall–Kier alpha value is -2.99. The number of rotatable bonds is 13. The number of benzene rings is 1. The fraction of sp³-hybridized carbons (Fsp3) is 0.586. The number of aldehydes is 1. The number of nitriles is 1. The van der Waals surface area contributed by atoms with Crippen LogP contribution in [0.1, 0.15) is 72.1 Å². The predicted octanol–water partition coefficient (Wildman–Crippen LogP) is 6.43. The van der Waals surface area contributed by atoms with Crippen molar-refractivity contribution in [2.75, 3.05) is 61.0 Å². The van der Waals surface area contributed by atoms with Crippen molar-refractivity contribution in [3.8, 4) is 17.6 Å². The van der Waals surface area contributed by atoms with Crippen LogP contribution in [0.3, 0.4) is 0 Å². The molecule has 0 N–H and O–H groups in total. The number of anilines is 4. The highest BCUT2D eigenvalue weighted by atomic mass is 32.1. The maximum Gasteiger partial charge on any atom is 0.171 e. The number of carbonyl (C=O) groups excluding carboxylic acids is 1. The second-order valence-electron chi connectivity index (χ2n) is 9.99. The summed E-state index contributed by atoms with van der Waals surface area (Å²) < 4.78 is 13.2. The number of thiol groups is 1. The summed E-state index contributed by atoms with van der Waals surface area (Å²) in [6.45, 7) is 7.36. The van der Waals surface area contributed by atoms with Gasteiger partial charge >= 0.3 is 0 Å². The summed E-state index contributed by atoms with van der Waals surface area (Å²) in [5.74, 6) is 2.90. The highest BCUT2D eigenvalue weighted by molar-refractivity contribution is 7.85. The quantitative estimate of drug-likeness (QED) is 0.101. The Morgan fingerprint density at radius 2 is 1.16 bits per heavy atom. The molecule has 9 heteroatoms. The Bertz CT molecular complexity index is 1080. The summed E-state index contributed by atoms with van der Waals surface area (Å²) in [5, 5.41) is 9.78. The summed E-state index contributed by atoms with van der Waals surface area (Å²) in [5.41, 5.74) is 4.01. The molecule has 0 saturated heterocycles. The lowest BCUT2D eigenvalue weighted by Gasteiger charge is -2.24. The first-order chi connectivity index (χ1) is 18.3. The Balaban J connectivity index is 2.25. The molecule has 0 spiro atoms. The highest BCUT2D eigenvalue weighted by Crippen LogP contribution is 2.64. The average molecular weight is 542 g/mol. The smallest absolute Gasteiger partial charge is 0.171 e. The van der Waals surface area contributed by atoms with E-state index in [-0.39, 0.29) is 0 Å². The molecule has 8 nitrogen and oxygen atoms in total. The second kappa shape index (κ2) is 13.2. The summed E-state index contributed by atoms with van der Waals surface area (Å²) in [7, 11) is 7.78. The molecule has 0 radical (unpaired) electrons. The van der Waals surface area contributed by atoms with Gasteiger partial charge in [-0.1, -0.05) is 52.4 Å². The van der Waals surface area contributed by atoms with Crippen molar-refractivity contribution in [2.24, 2.45) is 0 Å². The number of ether oxygens (including phenoxy) is 2. The first-order valence-corrected chi connectivity index (χ1v) is 14.1. The van der Waals surface area contributed by atoms with E-state index >= 15 is 0 Å². The molecule has 0 saturated carbocycles. The number of unbranched alkanes of at least 4 members (excludes halogenated alkanes) is 6. The number of fused-ring (bicyclic) bond motifs is 2. The zero-order chi connectivity index (χ0) is 28.0. The van der Waals surface area contributed by atoms with Crippen LogP contribution in [0.5, 0.6) is 11.5 Å². The Labute approximate surface area is 233 Å². The second-order valence-corrected chi connectivity index (χ2v) is 10.5. The molecule has 0 aliphatic carbocycles. The third kappa shape index (κ3) is 5.42. The van der Waals surface area contributed by atoms with Crippen LogP contribution in [-0.4, -0.2) is 47.7 Å². The summed E-state index contributed by atoms with van der Waals surface area (Å²) in [6.07, 6.45) is 9.49. The maximum absolute atomic E-state index is 11.8. The molecule has 208 valence electrons. The van der Waals surface area contributed by atoms with Crippen LogP contribution < -0.4 is 29.1 Å². The standard InChI is InChI=1S/C29H43N5O3S/c1-8-10-12-14-16-36-26-22-23(32(5)28(31(22)4)20(3)18-30)27(37-17-15-13-11-9-2)25-24(26)33(6)29(34(25)7)21(38)19-35/h19,38H,8-17H2,1-7H3. The summed E-state index contributed by atoms with van der Waals surface area (Å²) in [6, 6.07) is 2.32. The van der Waals surface area contributed by atoms with Gasteiger partial charge in [0, 0.05) is 28.2 Å². The lowest BCUT2D eigenvalue weighted by atomic mass is 10.1. The van der Waals surface area contributed by atoms with Crippen LogP contribution in [0.25, 0.3) is 0 Å². The number of hydrogen-bond acceptors (Lipinski definition) is 9. The zero-order valence-electron chi connectivity index (χ0n) is 24.1. The van der Waals surface area contributed by atoms with E-state index in [2.05, 4.69) is 32.5 Å². The van der Waals surface area contributed by atoms with Gasteiger partial charge in [-0.15, -0.1) is 12.6 Å². The van der Waals surface area contributed by atoms with E-state index in [0.717, 1.165) is 84.9 Å². The molecular formula is C29H43N5O3S. The van der Waals surface area contributed by atoms with E-state index in [1.54, 1.807) is 0 Å². The van der Waals surface area contributed by atoms with Gasteiger partial charge in [0.1, 0.15) is 34.4 Å². The van der Waals surface area contributed by atoms with E-state index in [0.29, 0.717) is 29.5 Å². The molecule has 2 aliphatic rings. The first-order valence-electron chi connectivity index (χ1n) is 13.7. The minimum atomic E-state index is 0.330. The Morgan fingerprint density at radius 1 is 0.763 bits per heavy atom. The van der Waals surface area contributed by atoms with E-state index in [4.69, 9.17) is 9.47 Å². The van der Waals surface area contributed by atoms with Crippen molar-refractivity contribution >= 4 is 41.7 Å². The number of allylic oxidation sites excluding steroid dienone is 2. The number of hydrogen-bond donors (Lipinski definition) is 1. The van der Waals surface area contributed by atoms with Crippen molar-refractivity contribution in [1.82, 2.24) is 0 Å². The largest absolute Gasteiger partial charge is 0.489 e. The van der Waals surface area contributed by atoms with Crippen molar-refractivity contribution in [3.05, 3.63) is 22.1 Å². The first kappa shape index (κ1) is 29.6. The molecule has 0 bridgehead atoms. The van der Waals surface area contributed by atoms with Crippen molar-refractivity contribution in [2.45, 2.75) is 72.1 Å². The van der Waals surface area contributed by atoms with Crippen LogP contribution in [-0.2, 0) is 4.79 Å². The van der Waals surface area contributed by atoms with Gasteiger partial charge in [0.05, 0.1) is 29.8 Å². The van der Waals surface area contributed by atoms with Crippen molar-refractivity contribution in [1.29, 1.82) is 5.26 Å². The van der Waals surface area contributed by atoms with Crippen LogP contribution in [0.4, 0.5) is 22.7 Å². The van der Waals surface area contributed by atoms with Crippen LogP contribution >= 0.6 is 12.6 Å². The third-order valence-corrected chi connectivity index (χ3v) is 7.56. The number of carbonyl (C=O) groups is 1. The summed E-state index contributed by atoms with van der Waals surface area (Å²) >= 11 is 4.49. The fourth-order valence-corrected chi connectivity index (χ4v) is 5.70. The van der Waals surface area contributed by atoms with Gasteiger partial charge in [0.15, 0.2) is 17.8 Å². The van der Waals surface area contributed by atoms with Crippen LogP contribution in [0.15, 0.2) is 22.1 Å². The third-order valence-electron chi connectivity index (χ3n) is 7.25. The van der Waals surface area contributed by atoms with Crippen LogP contribution in [0, 0.1) is 11.3 Å². The van der Waals surface area contributed by atoms with E-state index < -0.39 is 0 Å². The Morgan fingerprint density at radius 3 is 1.50 bits per heavy atom. The van der Waals surface area contributed by atoms with Gasteiger partial charge in [0.25, 0.3) is 0 Å². The zero-order valence-corrected chi connectivity index (χ0v) is 25.0. The van der Waals surface area contributed by atoms with Gasteiger partial charge < -0.3 is 29.1 Å². The Kier molecular flexibility index (Phi) is 10.3. The molecule has 0 fully saturated rings. The van der Waals surface area contributed by atoms with Gasteiger partial charge in [-0.25, -0.2) is 0 Å². The van der Waals surface area contributed by atoms with Crippen molar-refractivity contribution in [3.63, 3.8) is 0 Å². The minimum absolute atomic E-state index is 0.330. The molecule has 0 unspecified atom stereocenters. The lowest BCUT2D eigenvalue weighted by Crippen LogP contribution is -2.25. The molecular weight excluding hydrogens is 498 g/mol. The summed E-state index contributed by atoms with van der Waals surface area (Å²) in [4.78, 5) is 20.1. The van der Waals surface area contributed by atoms with E-state index in [1.807, 2.05) is 54.7 Å². The molecule has 0 atom stereocenters. The predicted molar refractivity (Wildman–Crippen MR) is 160 cm³/mol. The molecule has 38 heavy (non-hydrogen) atoms. The monoisotopic (exact) mass is 541 g/mol. The van der Waals surface area contributed by atoms with Crippen LogP contribution in [0.2, 0.25) is 0 Å². The minimum Gasteiger partial charge on any atom is -0.489 e. The van der Waals surface area contributed by atoms with Gasteiger partial charge in [-0.3, -0.25) is 4.79 Å².